The van der Waals surface area contributed by atoms with Gasteiger partial charge >= 0.3 is 0 Å². The molecule has 0 radical (unpaired) electrons. The van der Waals surface area contributed by atoms with Crippen LogP contribution in [0.25, 0.3) is 0 Å². The van der Waals surface area contributed by atoms with Gasteiger partial charge in [0, 0.05) is 13.1 Å². The van der Waals surface area contributed by atoms with Crippen LogP contribution in [0.5, 0.6) is 0 Å². The van der Waals surface area contributed by atoms with Crippen LogP contribution in [0.4, 0.5) is 11.5 Å². The Morgan fingerprint density at radius 3 is 2.04 bits per heavy atom. The van der Waals surface area contributed by atoms with Crippen molar-refractivity contribution in [2.45, 2.75) is 5.92 Å². The number of pyridine rings is 1. The predicted molar refractivity (Wildman–Crippen MR) is 115 cm³/mol. The van der Waals surface area contributed by atoms with Gasteiger partial charge < -0.3 is 15.5 Å². The third-order valence-electron chi connectivity index (χ3n) is 4.42. The molecule has 0 aliphatic carbocycles. The van der Waals surface area contributed by atoms with Crippen molar-refractivity contribution in [1.29, 1.82) is 0 Å². The lowest BCUT2D eigenvalue weighted by Crippen LogP contribution is -2.22. The van der Waals surface area contributed by atoms with Gasteiger partial charge in [0.25, 0.3) is 0 Å². The minimum atomic E-state index is -0.375. The van der Waals surface area contributed by atoms with E-state index in [-0.39, 0.29) is 11.8 Å². The molecule has 0 aliphatic heterocycles. The van der Waals surface area contributed by atoms with Crippen molar-refractivity contribution in [2.24, 2.45) is 0 Å². The van der Waals surface area contributed by atoms with Crippen LogP contribution in [-0.2, 0) is 4.79 Å². The van der Waals surface area contributed by atoms with Crippen molar-refractivity contribution in [2.75, 3.05) is 37.8 Å². The van der Waals surface area contributed by atoms with Gasteiger partial charge in [-0.2, -0.15) is 0 Å². The molecule has 0 atom stereocenters. The standard InChI is InChI=1S/C23H26N4O/c1-27(2)16-15-24-21-14-13-20(17-25-21)26-23(28)22(18-9-5-3-6-10-18)19-11-7-4-8-12-19/h3-14,17,22H,15-16H2,1-2H3,(H,24,25)(H,26,28). The highest BCUT2D eigenvalue weighted by molar-refractivity contribution is 5.98. The summed E-state index contributed by atoms with van der Waals surface area (Å²) in [6, 6.07) is 23.4. The number of carbonyl (C=O) groups is 1. The van der Waals surface area contributed by atoms with Crippen molar-refractivity contribution in [3.05, 3.63) is 90.1 Å². The molecule has 5 heteroatoms. The largest absolute Gasteiger partial charge is 0.369 e. The molecule has 2 N–H and O–H groups in total. The molecule has 3 rings (SSSR count). The average Bonchev–Trinajstić information content (AvgIpc) is 2.71. The lowest BCUT2D eigenvalue weighted by molar-refractivity contribution is -0.116. The fourth-order valence-corrected chi connectivity index (χ4v) is 2.98. The van der Waals surface area contributed by atoms with E-state index in [0.29, 0.717) is 5.69 Å². The van der Waals surface area contributed by atoms with Crippen molar-refractivity contribution >= 4 is 17.4 Å². The topological polar surface area (TPSA) is 57.3 Å². The first-order valence-electron chi connectivity index (χ1n) is 9.39. The highest BCUT2D eigenvalue weighted by Crippen LogP contribution is 2.26. The monoisotopic (exact) mass is 374 g/mol. The molecule has 144 valence electrons. The van der Waals surface area contributed by atoms with E-state index >= 15 is 0 Å². The molecule has 0 aliphatic rings. The summed E-state index contributed by atoms with van der Waals surface area (Å²) in [6.07, 6.45) is 1.68. The number of nitrogens with one attached hydrogen (secondary N) is 2. The van der Waals surface area contributed by atoms with E-state index in [1.807, 2.05) is 86.9 Å². The van der Waals surface area contributed by atoms with E-state index in [9.17, 15) is 4.79 Å². The second-order valence-electron chi connectivity index (χ2n) is 6.91. The van der Waals surface area contributed by atoms with Crippen LogP contribution < -0.4 is 10.6 Å². The van der Waals surface area contributed by atoms with E-state index in [4.69, 9.17) is 0 Å². The molecule has 1 heterocycles. The normalized spacial score (nSPS) is 10.9. The molecule has 0 bridgehead atoms. The van der Waals surface area contributed by atoms with Gasteiger partial charge in [0.05, 0.1) is 17.8 Å². The molecule has 0 fully saturated rings. The molecule has 28 heavy (non-hydrogen) atoms. The van der Waals surface area contributed by atoms with E-state index in [1.165, 1.54) is 0 Å². The Bertz CT molecular complexity index is 825. The first kappa shape index (κ1) is 19.6. The first-order chi connectivity index (χ1) is 13.6. The Kier molecular flexibility index (Phi) is 6.76. The number of amides is 1. The maximum atomic E-state index is 13.1. The van der Waals surface area contributed by atoms with Gasteiger partial charge in [-0.3, -0.25) is 4.79 Å². The maximum Gasteiger partial charge on any atom is 0.236 e. The SMILES string of the molecule is CN(C)CCNc1ccc(NC(=O)C(c2ccccc2)c2ccccc2)cn1. The van der Waals surface area contributed by atoms with Crippen LogP contribution >= 0.6 is 0 Å². The van der Waals surface area contributed by atoms with Gasteiger partial charge in [0.2, 0.25) is 5.91 Å². The third-order valence-corrected chi connectivity index (χ3v) is 4.42. The van der Waals surface area contributed by atoms with E-state index in [2.05, 4.69) is 20.5 Å². The number of nitrogens with zero attached hydrogens (tertiary/aromatic N) is 2. The summed E-state index contributed by atoms with van der Waals surface area (Å²) in [7, 11) is 4.06. The third kappa shape index (κ3) is 5.41. The molecular weight excluding hydrogens is 348 g/mol. The smallest absolute Gasteiger partial charge is 0.236 e. The fourth-order valence-electron chi connectivity index (χ4n) is 2.98. The number of benzene rings is 2. The van der Waals surface area contributed by atoms with Crippen LogP contribution in [-0.4, -0.2) is 43.0 Å². The molecule has 1 amide bonds. The summed E-state index contributed by atoms with van der Waals surface area (Å²) >= 11 is 0. The van der Waals surface area contributed by atoms with Gasteiger partial charge in [0.1, 0.15) is 5.82 Å². The Hall–Kier alpha value is -3.18. The highest BCUT2D eigenvalue weighted by Gasteiger charge is 2.22. The second kappa shape index (κ2) is 9.67. The Balaban J connectivity index is 1.72. The van der Waals surface area contributed by atoms with Crippen LogP contribution in [0.1, 0.15) is 17.0 Å². The lowest BCUT2D eigenvalue weighted by atomic mass is 9.90. The Labute approximate surface area is 166 Å². The number of anilines is 2. The van der Waals surface area contributed by atoms with E-state index in [1.54, 1.807) is 6.20 Å². The number of hydrogen-bond acceptors (Lipinski definition) is 4. The van der Waals surface area contributed by atoms with Gasteiger partial charge in [-0.05, 0) is 37.4 Å². The summed E-state index contributed by atoms with van der Waals surface area (Å²) in [5.74, 6) is 0.343. The zero-order chi connectivity index (χ0) is 19.8. The van der Waals surface area contributed by atoms with Crippen LogP contribution in [0, 0.1) is 0 Å². The molecular formula is C23H26N4O. The Morgan fingerprint density at radius 1 is 0.929 bits per heavy atom. The van der Waals surface area contributed by atoms with Gasteiger partial charge in [-0.1, -0.05) is 60.7 Å². The zero-order valence-corrected chi connectivity index (χ0v) is 16.3. The number of rotatable bonds is 8. The quantitative estimate of drug-likeness (QED) is 0.629. The van der Waals surface area contributed by atoms with Gasteiger partial charge in [0.15, 0.2) is 0 Å². The molecule has 0 saturated carbocycles. The predicted octanol–water partition coefficient (Wildman–Crippen LogP) is 3.83. The molecule has 3 aromatic rings. The molecule has 1 aromatic heterocycles. The van der Waals surface area contributed by atoms with Crippen molar-refractivity contribution in [3.8, 4) is 0 Å². The molecule has 2 aromatic carbocycles. The first-order valence-corrected chi connectivity index (χ1v) is 9.39. The molecule has 0 spiro atoms. The summed E-state index contributed by atoms with van der Waals surface area (Å²) in [5, 5.41) is 6.27. The highest BCUT2D eigenvalue weighted by atomic mass is 16.1. The van der Waals surface area contributed by atoms with Crippen LogP contribution in [0.15, 0.2) is 79.0 Å². The van der Waals surface area contributed by atoms with Crippen LogP contribution in [0.2, 0.25) is 0 Å². The molecule has 5 nitrogen and oxygen atoms in total. The summed E-state index contributed by atoms with van der Waals surface area (Å²) in [5.41, 5.74) is 2.60. The summed E-state index contributed by atoms with van der Waals surface area (Å²) < 4.78 is 0. The minimum absolute atomic E-state index is 0.0764. The van der Waals surface area contributed by atoms with Crippen molar-refractivity contribution in [3.63, 3.8) is 0 Å². The minimum Gasteiger partial charge on any atom is -0.369 e. The Morgan fingerprint density at radius 2 is 1.54 bits per heavy atom. The van der Waals surface area contributed by atoms with Crippen LogP contribution in [0.3, 0.4) is 0 Å². The summed E-state index contributed by atoms with van der Waals surface area (Å²) in [6.45, 7) is 1.74. The number of likely N-dealkylation sites (N-methyl/N-ethyl adjacent to an activating group) is 1. The van der Waals surface area contributed by atoms with Gasteiger partial charge in [-0.25, -0.2) is 4.98 Å². The number of aromatic nitrogens is 1. The average molecular weight is 374 g/mol. The molecule has 0 saturated heterocycles. The van der Waals surface area contributed by atoms with E-state index < -0.39 is 0 Å². The van der Waals surface area contributed by atoms with Crippen molar-refractivity contribution in [1.82, 2.24) is 9.88 Å². The fraction of sp³-hybridized carbons (Fsp3) is 0.217. The summed E-state index contributed by atoms with van der Waals surface area (Å²) in [4.78, 5) is 19.6. The molecule has 0 unspecified atom stereocenters. The van der Waals surface area contributed by atoms with Crippen molar-refractivity contribution < 1.29 is 4.79 Å². The van der Waals surface area contributed by atoms with Gasteiger partial charge in [-0.15, -0.1) is 0 Å². The lowest BCUT2D eigenvalue weighted by Gasteiger charge is -2.18. The number of hydrogen-bond donors (Lipinski definition) is 2. The number of carbonyl (C=O) groups excluding carboxylic acids is 1. The maximum absolute atomic E-state index is 13.1. The van der Waals surface area contributed by atoms with E-state index in [0.717, 1.165) is 30.0 Å². The zero-order valence-electron chi connectivity index (χ0n) is 16.3. The second-order valence-corrected chi connectivity index (χ2v) is 6.91.